The molecule has 33 heavy (non-hydrogen) atoms. The molecule has 0 unspecified atom stereocenters. The summed E-state index contributed by atoms with van der Waals surface area (Å²) in [5, 5.41) is 0. The van der Waals surface area contributed by atoms with Crippen LogP contribution in [-0.4, -0.2) is 57.5 Å². The molecule has 1 N–H and O–H groups in total. The Morgan fingerprint density at radius 1 is 1.03 bits per heavy atom. The van der Waals surface area contributed by atoms with Gasteiger partial charge in [0, 0.05) is 19.6 Å². The first kappa shape index (κ1) is 27.0. The molecule has 0 radical (unpaired) electrons. The van der Waals surface area contributed by atoms with E-state index in [1.165, 1.54) is 0 Å². The van der Waals surface area contributed by atoms with Crippen molar-refractivity contribution in [3.63, 3.8) is 0 Å². The van der Waals surface area contributed by atoms with Crippen molar-refractivity contribution in [2.45, 2.75) is 42.4 Å². The van der Waals surface area contributed by atoms with Crippen LogP contribution in [0.1, 0.15) is 18.4 Å². The number of nitrogens with one attached hydrogen (secondary N) is 1. The van der Waals surface area contributed by atoms with Crippen LogP contribution < -0.4 is 4.72 Å². The monoisotopic (exact) mass is 516 g/mol. The molecule has 2 rings (SSSR count). The van der Waals surface area contributed by atoms with Crippen LogP contribution in [0.5, 0.6) is 0 Å². The molecule has 1 amide bonds. The number of benzene rings is 1. The topological polar surface area (TPSA) is 75.7 Å². The number of alkyl halides is 9. The summed E-state index contributed by atoms with van der Waals surface area (Å²) in [6.45, 7) is -0.885. The van der Waals surface area contributed by atoms with Gasteiger partial charge in [0.05, 0.1) is 10.5 Å². The lowest BCUT2D eigenvalue weighted by atomic mass is 9.97. The van der Waals surface area contributed by atoms with Crippen molar-refractivity contribution in [3.8, 4) is 0 Å². The van der Waals surface area contributed by atoms with Crippen molar-refractivity contribution >= 4 is 16.1 Å². The molecule has 16 heteroatoms. The zero-order valence-corrected chi connectivity index (χ0v) is 17.2. The van der Waals surface area contributed by atoms with Gasteiger partial charge in [0.2, 0.25) is 10.0 Å². The first-order valence-electron chi connectivity index (χ1n) is 9.17. The highest BCUT2D eigenvalue weighted by Crippen LogP contribution is 2.36. The van der Waals surface area contributed by atoms with Crippen molar-refractivity contribution < 1.29 is 57.5 Å². The molecule has 1 fully saturated rings. The number of ether oxygens (including phenoxy) is 1. The van der Waals surface area contributed by atoms with Crippen LogP contribution >= 0.6 is 0 Å². The van der Waals surface area contributed by atoms with Gasteiger partial charge in [-0.3, -0.25) is 0 Å². The summed E-state index contributed by atoms with van der Waals surface area (Å²) >= 11 is 0. The summed E-state index contributed by atoms with van der Waals surface area (Å²) in [7, 11) is -4.33. The van der Waals surface area contributed by atoms with E-state index in [2.05, 4.69) is 9.46 Å². The number of nitrogens with zero attached hydrogens (tertiary/aromatic N) is 1. The highest BCUT2D eigenvalue weighted by molar-refractivity contribution is 7.89. The summed E-state index contributed by atoms with van der Waals surface area (Å²) in [6.07, 6.45) is -22.6. The van der Waals surface area contributed by atoms with Crippen LogP contribution in [0.15, 0.2) is 29.2 Å². The fourth-order valence-corrected chi connectivity index (χ4v) is 4.13. The third-order valence-corrected chi connectivity index (χ3v) is 6.14. The largest absolute Gasteiger partial charge is 0.434 e. The first-order chi connectivity index (χ1) is 14.9. The fourth-order valence-electron chi connectivity index (χ4n) is 2.96. The van der Waals surface area contributed by atoms with E-state index in [4.69, 9.17) is 0 Å². The summed E-state index contributed by atoms with van der Waals surface area (Å²) in [5.74, 6) is -0.476. The van der Waals surface area contributed by atoms with Gasteiger partial charge in [0.15, 0.2) is 0 Å². The molecule has 188 valence electrons. The Labute approximate surface area is 181 Å². The highest BCUT2D eigenvalue weighted by Gasteiger charge is 2.60. The van der Waals surface area contributed by atoms with E-state index in [1.807, 2.05) is 0 Å². The maximum absolute atomic E-state index is 12.8. The SMILES string of the molecule is O=C(OC(C(F)(F)F)C(F)(F)F)N1CCC(CNS(=O)(=O)c2cccc(C(F)(F)F)c2)CC1. The second kappa shape index (κ2) is 9.56. The third kappa shape index (κ3) is 7.38. The normalized spacial score (nSPS) is 16.8. The van der Waals surface area contributed by atoms with Gasteiger partial charge in [-0.15, -0.1) is 0 Å². The Bertz CT molecular complexity index is 923. The molecule has 0 saturated carbocycles. The van der Waals surface area contributed by atoms with Crippen LogP contribution in [0.3, 0.4) is 0 Å². The van der Waals surface area contributed by atoms with E-state index < -0.39 is 57.1 Å². The van der Waals surface area contributed by atoms with Gasteiger partial charge in [-0.2, -0.15) is 39.5 Å². The van der Waals surface area contributed by atoms with Crippen LogP contribution in [0.25, 0.3) is 0 Å². The van der Waals surface area contributed by atoms with Crippen LogP contribution in [0.2, 0.25) is 0 Å². The predicted molar refractivity (Wildman–Crippen MR) is 93.3 cm³/mol. The Morgan fingerprint density at radius 3 is 2.06 bits per heavy atom. The first-order valence-corrected chi connectivity index (χ1v) is 10.7. The van der Waals surface area contributed by atoms with Gasteiger partial charge in [-0.05, 0) is 37.0 Å². The van der Waals surface area contributed by atoms with E-state index in [9.17, 15) is 52.7 Å². The van der Waals surface area contributed by atoms with Crippen LogP contribution in [-0.2, 0) is 20.9 Å². The van der Waals surface area contributed by atoms with E-state index >= 15 is 0 Å². The number of likely N-dealkylation sites (tertiary alicyclic amines) is 1. The molecular formula is C17H17F9N2O4S. The number of sulfonamides is 1. The van der Waals surface area contributed by atoms with E-state index in [-0.39, 0.29) is 32.5 Å². The molecule has 1 heterocycles. The molecule has 0 spiro atoms. The molecule has 0 aliphatic carbocycles. The molecule has 0 bridgehead atoms. The zero-order chi connectivity index (χ0) is 25.2. The summed E-state index contributed by atoms with van der Waals surface area (Å²) < 4.78 is 144. The summed E-state index contributed by atoms with van der Waals surface area (Å²) in [5.41, 5.74) is -1.17. The van der Waals surface area contributed by atoms with E-state index in [0.29, 0.717) is 17.0 Å². The molecular weight excluding hydrogens is 499 g/mol. The quantitative estimate of drug-likeness (QED) is 0.592. The molecule has 1 aromatic carbocycles. The van der Waals surface area contributed by atoms with E-state index in [0.717, 1.165) is 12.1 Å². The van der Waals surface area contributed by atoms with Gasteiger partial charge in [0.1, 0.15) is 0 Å². The number of carbonyl (C=O) groups excluding carboxylic acids is 1. The minimum absolute atomic E-state index is 0.00289. The molecule has 1 aromatic rings. The Kier molecular flexibility index (Phi) is 7.83. The molecule has 0 aromatic heterocycles. The zero-order valence-electron chi connectivity index (χ0n) is 16.4. The number of hydrogen-bond acceptors (Lipinski definition) is 4. The third-order valence-electron chi connectivity index (χ3n) is 4.72. The standard InChI is InChI=1S/C17H17F9N2O4S/c18-15(19,20)11-2-1-3-12(8-11)33(30,31)27-9-10-4-6-28(7-5-10)14(29)32-13(16(21,22)23)17(24,25)26/h1-3,8,10,13,27H,4-7,9H2. The number of carbonyl (C=O) groups is 1. The Balaban J connectivity index is 1.92. The smallest absolute Gasteiger partial charge is 0.426 e. The summed E-state index contributed by atoms with van der Waals surface area (Å²) in [6, 6.07) is 3.00. The average molecular weight is 516 g/mol. The fraction of sp³-hybridized carbons (Fsp3) is 0.588. The highest BCUT2D eigenvalue weighted by atomic mass is 32.2. The molecule has 0 atom stereocenters. The Hall–Kier alpha value is -2.23. The maximum atomic E-state index is 12.8. The van der Waals surface area contributed by atoms with Gasteiger partial charge in [0.25, 0.3) is 6.10 Å². The van der Waals surface area contributed by atoms with Crippen LogP contribution in [0.4, 0.5) is 44.3 Å². The maximum Gasteiger partial charge on any atom is 0.434 e. The minimum atomic E-state index is -5.85. The molecule has 1 aliphatic rings. The average Bonchev–Trinajstić information content (AvgIpc) is 2.68. The van der Waals surface area contributed by atoms with Crippen molar-refractivity contribution in [3.05, 3.63) is 29.8 Å². The second-order valence-electron chi connectivity index (χ2n) is 7.15. The number of halogens is 9. The number of hydrogen-bond donors (Lipinski definition) is 1. The molecule has 1 aliphatic heterocycles. The van der Waals surface area contributed by atoms with Crippen molar-refractivity contribution in [2.24, 2.45) is 5.92 Å². The van der Waals surface area contributed by atoms with Crippen LogP contribution in [0, 0.1) is 5.92 Å². The van der Waals surface area contributed by atoms with Gasteiger partial charge in [-0.1, -0.05) is 6.07 Å². The van der Waals surface area contributed by atoms with Crippen molar-refractivity contribution in [1.29, 1.82) is 0 Å². The lowest BCUT2D eigenvalue weighted by Crippen LogP contribution is -2.49. The van der Waals surface area contributed by atoms with Gasteiger partial charge in [-0.25, -0.2) is 17.9 Å². The van der Waals surface area contributed by atoms with Crippen molar-refractivity contribution in [2.75, 3.05) is 19.6 Å². The van der Waals surface area contributed by atoms with E-state index in [1.54, 1.807) is 0 Å². The number of piperidine rings is 1. The lowest BCUT2D eigenvalue weighted by molar-refractivity contribution is -0.308. The predicted octanol–water partition coefficient (Wildman–Crippen LogP) is 4.33. The lowest BCUT2D eigenvalue weighted by Gasteiger charge is -2.33. The molecule has 1 saturated heterocycles. The van der Waals surface area contributed by atoms with Gasteiger partial charge < -0.3 is 9.64 Å². The van der Waals surface area contributed by atoms with Crippen molar-refractivity contribution in [1.82, 2.24) is 9.62 Å². The second-order valence-corrected chi connectivity index (χ2v) is 8.92. The summed E-state index contributed by atoms with van der Waals surface area (Å²) in [4.78, 5) is 11.7. The minimum Gasteiger partial charge on any atom is -0.426 e. The van der Waals surface area contributed by atoms with Gasteiger partial charge >= 0.3 is 24.6 Å². The molecule has 6 nitrogen and oxygen atoms in total. The number of rotatable bonds is 5. The number of amides is 1. The Morgan fingerprint density at radius 2 is 1.58 bits per heavy atom.